The van der Waals surface area contributed by atoms with Crippen LogP contribution in [0.5, 0.6) is 11.5 Å². The fraction of sp³-hybridized carbons (Fsp3) is 0.625. The Morgan fingerprint density at radius 2 is 2.10 bits per heavy atom. The van der Waals surface area contributed by atoms with Gasteiger partial charge in [0.15, 0.2) is 11.5 Å². The van der Waals surface area contributed by atoms with Crippen LogP contribution >= 0.6 is 0 Å². The second kappa shape index (κ2) is 7.50. The molecule has 4 heteroatoms. The summed E-state index contributed by atoms with van der Waals surface area (Å²) < 4.78 is 5.04. The van der Waals surface area contributed by atoms with Gasteiger partial charge in [-0.05, 0) is 69.6 Å². The summed E-state index contributed by atoms with van der Waals surface area (Å²) in [5, 5.41) is 13.2. The Kier molecular flexibility index (Phi) is 5.68. The van der Waals surface area contributed by atoms with Gasteiger partial charge < -0.3 is 20.1 Å². The molecule has 1 aromatic rings. The maximum atomic E-state index is 9.72. The van der Waals surface area contributed by atoms with Crippen molar-refractivity contribution in [1.82, 2.24) is 10.2 Å². The van der Waals surface area contributed by atoms with Crippen LogP contribution < -0.4 is 10.1 Å². The van der Waals surface area contributed by atoms with E-state index in [0.717, 1.165) is 24.6 Å². The molecule has 0 aromatic heterocycles. The first kappa shape index (κ1) is 15.1. The van der Waals surface area contributed by atoms with Crippen LogP contribution in [0.2, 0.25) is 0 Å². The number of hydrogen-bond donors (Lipinski definition) is 2. The van der Waals surface area contributed by atoms with Crippen LogP contribution in [0.3, 0.4) is 0 Å². The van der Waals surface area contributed by atoms with Crippen molar-refractivity contribution in [1.29, 1.82) is 0 Å². The predicted molar refractivity (Wildman–Crippen MR) is 81.2 cm³/mol. The van der Waals surface area contributed by atoms with Crippen LogP contribution in [0.1, 0.15) is 24.8 Å². The molecule has 0 bridgehead atoms. The molecule has 0 unspecified atom stereocenters. The molecule has 0 saturated carbocycles. The quantitative estimate of drug-likeness (QED) is 0.783. The van der Waals surface area contributed by atoms with Crippen LogP contribution in [-0.4, -0.2) is 43.8 Å². The molecule has 0 atom stereocenters. The van der Waals surface area contributed by atoms with E-state index in [1.54, 1.807) is 13.2 Å². The highest BCUT2D eigenvalue weighted by Gasteiger charge is 2.15. The number of phenolic OH excluding ortho intramolecular Hbond substituents is 1. The van der Waals surface area contributed by atoms with E-state index in [0.29, 0.717) is 5.75 Å². The summed E-state index contributed by atoms with van der Waals surface area (Å²) in [4.78, 5) is 2.41. The van der Waals surface area contributed by atoms with Gasteiger partial charge in [-0.25, -0.2) is 0 Å². The molecule has 1 aliphatic rings. The topological polar surface area (TPSA) is 44.7 Å². The minimum atomic E-state index is 0.210. The van der Waals surface area contributed by atoms with E-state index in [-0.39, 0.29) is 5.75 Å². The molecule has 1 aromatic carbocycles. The Morgan fingerprint density at radius 3 is 2.75 bits per heavy atom. The highest BCUT2D eigenvalue weighted by Crippen LogP contribution is 2.26. The Morgan fingerprint density at radius 1 is 1.35 bits per heavy atom. The van der Waals surface area contributed by atoms with Gasteiger partial charge in [-0.15, -0.1) is 0 Å². The smallest absolute Gasteiger partial charge is 0.160 e. The van der Waals surface area contributed by atoms with Gasteiger partial charge in [0.05, 0.1) is 7.11 Å². The Labute approximate surface area is 121 Å². The summed E-state index contributed by atoms with van der Waals surface area (Å²) in [6, 6.07) is 5.56. The van der Waals surface area contributed by atoms with E-state index >= 15 is 0 Å². The first-order valence-electron chi connectivity index (χ1n) is 7.44. The van der Waals surface area contributed by atoms with Gasteiger partial charge in [0.2, 0.25) is 0 Å². The summed E-state index contributed by atoms with van der Waals surface area (Å²) in [5.74, 6) is 1.60. The van der Waals surface area contributed by atoms with Crippen molar-refractivity contribution in [2.45, 2.75) is 25.8 Å². The standard InChI is InChI=1S/C16H26N2O2/c1-18-9-6-13(7-10-18)5-8-17-12-14-3-4-16(20-2)15(19)11-14/h3-4,11,13,17,19H,5-10,12H2,1-2H3. The average Bonchev–Trinajstić information content (AvgIpc) is 2.46. The number of aromatic hydroxyl groups is 1. The fourth-order valence-electron chi connectivity index (χ4n) is 2.74. The molecular formula is C16H26N2O2. The van der Waals surface area contributed by atoms with Crippen molar-refractivity contribution in [2.24, 2.45) is 5.92 Å². The van der Waals surface area contributed by atoms with Gasteiger partial charge >= 0.3 is 0 Å². The van der Waals surface area contributed by atoms with Crippen molar-refractivity contribution >= 4 is 0 Å². The highest BCUT2D eigenvalue weighted by molar-refractivity contribution is 5.41. The van der Waals surface area contributed by atoms with Crippen LogP contribution in [-0.2, 0) is 6.54 Å². The predicted octanol–water partition coefficient (Wildman–Crippen LogP) is 2.22. The second-order valence-electron chi connectivity index (χ2n) is 5.72. The van der Waals surface area contributed by atoms with Crippen molar-refractivity contribution in [3.05, 3.63) is 23.8 Å². The normalized spacial score (nSPS) is 17.3. The Balaban J connectivity index is 1.67. The minimum Gasteiger partial charge on any atom is -0.504 e. The van der Waals surface area contributed by atoms with Crippen LogP contribution in [0.4, 0.5) is 0 Å². The van der Waals surface area contributed by atoms with E-state index in [1.165, 1.54) is 32.4 Å². The molecular weight excluding hydrogens is 252 g/mol. The molecule has 1 aliphatic heterocycles. The van der Waals surface area contributed by atoms with Gasteiger partial charge in [-0.1, -0.05) is 6.07 Å². The molecule has 2 N–H and O–H groups in total. The zero-order chi connectivity index (χ0) is 14.4. The molecule has 0 spiro atoms. The third kappa shape index (κ3) is 4.39. The van der Waals surface area contributed by atoms with E-state index in [9.17, 15) is 5.11 Å². The molecule has 112 valence electrons. The molecule has 0 radical (unpaired) electrons. The number of nitrogens with one attached hydrogen (secondary N) is 1. The lowest BCUT2D eigenvalue weighted by molar-refractivity contribution is 0.211. The van der Waals surface area contributed by atoms with Crippen molar-refractivity contribution in [2.75, 3.05) is 33.8 Å². The number of ether oxygens (including phenoxy) is 1. The van der Waals surface area contributed by atoms with Gasteiger partial charge in [-0.3, -0.25) is 0 Å². The Hall–Kier alpha value is -1.26. The molecule has 0 amide bonds. The maximum absolute atomic E-state index is 9.72. The molecule has 20 heavy (non-hydrogen) atoms. The monoisotopic (exact) mass is 278 g/mol. The molecule has 1 fully saturated rings. The summed E-state index contributed by atoms with van der Waals surface area (Å²) >= 11 is 0. The first-order valence-corrected chi connectivity index (χ1v) is 7.44. The molecule has 1 heterocycles. The summed E-state index contributed by atoms with van der Waals surface area (Å²) in [7, 11) is 3.76. The lowest BCUT2D eigenvalue weighted by atomic mass is 9.94. The summed E-state index contributed by atoms with van der Waals surface area (Å²) in [6.45, 7) is 4.30. The zero-order valence-corrected chi connectivity index (χ0v) is 12.6. The molecule has 4 nitrogen and oxygen atoms in total. The van der Waals surface area contributed by atoms with Crippen LogP contribution in [0.25, 0.3) is 0 Å². The third-order valence-corrected chi connectivity index (χ3v) is 4.14. The zero-order valence-electron chi connectivity index (χ0n) is 12.6. The number of rotatable bonds is 6. The van der Waals surface area contributed by atoms with E-state index in [4.69, 9.17) is 4.74 Å². The fourth-order valence-corrected chi connectivity index (χ4v) is 2.74. The number of methoxy groups -OCH3 is 1. The van der Waals surface area contributed by atoms with Crippen molar-refractivity contribution in [3.8, 4) is 11.5 Å². The van der Waals surface area contributed by atoms with Gasteiger partial charge in [-0.2, -0.15) is 0 Å². The summed E-state index contributed by atoms with van der Waals surface area (Å²) in [5.41, 5.74) is 1.09. The average molecular weight is 278 g/mol. The molecule has 1 saturated heterocycles. The number of phenols is 1. The van der Waals surface area contributed by atoms with Crippen molar-refractivity contribution < 1.29 is 9.84 Å². The number of likely N-dealkylation sites (tertiary alicyclic amines) is 1. The number of hydrogen-bond acceptors (Lipinski definition) is 4. The molecule has 0 aliphatic carbocycles. The number of nitrogens with zero attached hydrogens (tertiary/aromatic N) is 1. The van der Waals surface area contributed by atoms with Gasteiger partial charge in [0.1, 0.15) is 0 Å². The lowest BCUT2D eigenvalue weighted by Gasteiger charge is -2.28. The van der Waals surface area contributed by atoms with Gasteiger partial charge in [0.25, 0.3) is 0 Å². The first-order chi connectivity index (χ1) is 9.69. The molecule has 2 rings (SSSR count). The number of piperidine rings is 1. The van der Waals surface area contributed by atoms with E-state index in [2.05, 4.69) is 17.3 Å². The lowest BCUT2D eigenvalue weighted by Crippen LogP contribution is -2.31. The van der Waals surface area contributed by atoms with Gasteiger partial charge in [0, 0.05) is 6.54 Å². The van der Waals surface area contributed by atoms with Crippen molar-refractivity contribution in [3.63, 3.8) is 0 Å². The SMILES string of the molecule is COc1ccc(CNCCC2CCN(C)CC2)cc1O. The Bertz CT molecular complexity index is 415. The van der Waals surface area contributed by atoms with Crippen LogP contribution in [0, 0.1) is 5.92 Å². The maximum Gasteiger partial charge on any atom is 0.160 e. The third-order valence-electron chi connectivity index (χ3n) is 4.14. The number of benzene rings is 1. The largest absolute Gasteiger partial charge is 0.504 e. The summed E-state index contributed by atoms with van der Waals surface area (Å²) in [6.07, 6.45) is 3.89. The van der Waals surface area contributed by atoms with E-state index in [1.807, 2.05) is 12.1 Å². The minimum absolute atomic E-state index is 0.210. The highest BCUT2D eigenvalue weighted by atomic mass is 16.5. The second-order valence-corrected chi connectivity index (χ2v) is 5.72. The van der Waals surface area contributed by atoms with Crippen LogP contribution in [0.15, 0.2) is 18.2 Å². The van der Waals surface area contributed by atoms with E-state index < -0.39 is 0 Å².